The lowest BCUT2D eigenvalue weighted by Crippen LogP contribution is -2.41. The van der Waals surface area contributed by atoms with Crippen molar-refractivity contribution in [1.29, 1.82) is 0 Å². The number of allylic oxidation sites excluding steroid dienone is 7. The van der Waals surface area contributed by atoms with E-state index in [0.29, 0.717) is 11.5 Å². The zero-order valence-electron chi connectivity index (χ0n) is 38.2. The van der Waals surface area contributed by atoms with Gasteiger partial charge in [0.05, 0.1) is 30.5 Å². The number of nitrogens with one attached hydrogen (secondary N) is 2. The first-order valence-corrected chi connectivity index (χ1v) is 22.0. The summed E-state index contributed by atoms with van der Waals surface area (Å²) in [7, 11) is 1.55. The number of ketones is 1. The molecule has 1 aliphatic heterocycles. The topological polar surface area (TPSA) is 193 Å². The highest BCUT2D eigenvalue weighted by atomic mass is 16.6. The Kier molecular flexibility index (Phi) is 15.3. The average Bonchev–Trinajstić information content (AvgIpc) is 3.58. The van der Waals surface area contributed by atoms with Crippen molar-refractivity contribution < 1.29 is 47.8 Å². The van der Waals surface area contributed by atoms with Crippen molar-refractivity contribution in [2.75, 3.05) is 51.5 Å². The van der Waals surface area contributed by atoms with Crippen LogP contribution in [0.25, 0.3) is 0 Å². The molecule has 5 aromatic carbocycles. The minimum absolute atomic E-state index is 0.123. The second-order valence-electron chi connectivity index (χ2n) is 16.5. The minimum Gasteiger partial charge on any atom is -0.497 e. The van der Waals surface area contributed by atoms with E-state index in [2.05, 4.69) is 47.0 Å². The summed E-state index contributed by atoms with van der Waals surface area (Å²) in [5, 5.41) is 16.2. The Hall–Kier alpha value is -8.59. The molecule has 0 saturated carbocycles. The van der Waals surface area contributed by atoms with Crippen LogP contribution in [0.15, 0.2) is 181 Å². The molecule has 5 aromatic rings. The molecule has 0 bridgehead atoms. The molecule has 0 fully saturated rings. The van der Waals surface area contributed by atoms with Gasteiger partial charge in [-0.25, -0.2) is 4.79 Å². The van der Waals surface area contributed by atoms with E-state index in [4.69, 9.17) is 18.9 Å². The van der Waals surface area contributed by atoms with Crippen LogP contribution in [0.5, 0.6) is 11.5 Å². The van der Waals surface area contributed by atoms with Gasteiger partial charge >= 0.3 is 11.9 Å². The van der Waals surface area contributed by atoms with Gasteiger partial charge < -0.3 is 34.5 Å². The van der Waals surface area contributed by atoms with Crippen LogP contribution in [-0.2, 0) is 44.3 Å². The molecule has 0 radical (unpaired) electrons. The Morgan fingerprint density at radius 1 is 0.696 bits per heavy atom. The first-order valence-electron chi connectivity index (χ1n) is 22.0. The van der Waals surface area contributed by atoms with E-state index < -0.39 is 59.2 Å². The largest absolute Gasteiger partial charge is 0.497 e. The van der Waals surface area contributed by atoms with Crippen LogP contribution >= 0.6 is 0 Å². The average molecular weight is 931 g/mol. The van der Waals surface area contributed by atoms with E-state index in [0.717, 1.165) is 51.4 Å². The molecule has 15 heteroatoms. The van der Waals surface area contributed by atoms with Crippen LogP contribution in [0.2, 0.25) is 0 Å². The first kappa shape index (κ1) is 48.3. The van der Waals surface area contributed by atoms with E-state index in [1.807, 2.05) is 97.6 Å². The number of carbonyl (C=O) groups is 5. The summed E-state index contributed by atoms with van der Waals surface area (Å²) in [6.45, 7) is 1.89. The number of methoxy groups -OCH3 is 1. The van der Waals surface area contributed by atoms with Crippen molar-refractivity contribution in [3.8, 4) is 11.5 Å². The predicted octanol–water partition coefficient (Wildman–Crippen LogP) is 6.68. The van der Waals surface area contributed by atoms with Gasteiger partial charge in [-0.05, 0) is 76.4 Å². The zero-order chi connectivity index (χ0) is 49.0. The summed E-state index contributed by atoms with van der Waals surface area (Å²) in [6.07, 6.45) is 6.73. The fourth-order valence-corrected chi connectivity index (χ4v) is 8.43. The number of benzene rings is 5. The van der Waals surface area contributed by atoms with E-state index in [1.165, 1.54) is 12.2 Å². The van der Waals surface area contributed by atoms with Gasteiger partial charge in [-0.15, -0.1) is 0 Å². The number of hydrogen-bond donors (Lipinski definition) is 2. The quantitative estimate of drug-likeness (QED) is 0.0294. The van der Waals surface area contributed by atoms with Crippen molar-refractivity contribution >= 4 is 35.2 Å². The van der Waals surface area contributed by atoms with Gasteiger partial charge in [-0.1, -0.05) is 117 Å². The van der Waals surface area contributed by atoms with Crippen molar-refractivity contribution in [3.63, 3.8) is 0 Å². The fraction of sp³-hybridized carbons (Fsp3) is 0.204. The van der Waals surface area contributed by atoms with Gasteiger partial charge in [-0.2, -0.15) is 0 Å². The third-order valence-electron chi connectivity index (χ3n) is 11.8. The molecule has 2 amide bonds. The van der Waals surface area contributed by atoms with E-state index in [9.17, 15) is 34.1 Å². The lowest BCUT2D eigenvalue weighted by atomic mass is 9.65. The Labute approximate surface area is 398 Å². The van der Waals surface area contributed by atoms with Crippen LogP contribution in [0.1, 0.15) is 41.7 Å². The summed E-state index contributed by atoms with van der Waals surface area (Å²) in [6, 6.07) is 43.8. The molecule has 1 heterocycles. The molecule has 2 N–H and O–H groups in total. The molecule has 1 aliphatic carbocycles. The van der Waals surface area contributed by atoms with Crippen LogP contribution < -0.4 is 25.0 Å². The summed E-state index contributed by atoms with van der Waals surface area (Å²) in [5.41, 5.74) is 5.30. The molecule has 15 nitrogen and oxygen atoms in total. The van der Waals surface area contributed by atoms with Gasteiger partial charge in [0.2, 0.25) is 5.91 Å². The van der Waals surface area contributed by atoms with Crippen molar-refractivity contribution in [2.45, 2.75) is 24.7 Å². The summed E-state index contributed by atoms with van der Waals surface area (Å²) < 4.78 is 21.6. The number of hydrogen-bond acceptors (Lipinski definition) is 12. The number of nitrogens with zero attached hydrogens (tertiary/aromatic N) is 2. The maximum absolute atomic E-state index is 12.7. The number of rotatable bonds is 19. The molecule has 0 unspecified atom stereocenters. The van der Waals surface area contributed by atoms with Crippen LogP contribution in [0.4, 0.5) is 5.69 Å². The standard InChI is InChI=1S/C54H50N4O11/c1-53(2)45-32-44(66-3)25-26-46(45)57(48(53)28-19-37-31-42(58(64)65)22-27-47(37)59)29-30-67-52(63)36-69-51(62)34-56-49(60)33-55-50(61)35-68-43-23-20-41(21-24-43)54(38-13-7-4-8-14-38,39-15-9-5-10-16-39)40-17-11-6-12-18-40/h4-28,31-32H,29-30,33-36H2,1-3H3,(H,55,61)(H,56,60)/b37-19-,48-28+. The number of carbonyl (C=O) groups excluding carboxylic acids is 5. The van der Waals surface area contributed by atoms with Gasteiger partial charge in [0.1, 0.15) is 24.7 Å². The summed E-state index contributed by atoms with van der Waals surface area (Å²) in [4.78, 5) is 75.4. The molecule has 2 aliphatic rings. The maximum Gasteiger partial charge on any atom is 0.344 e. The minimum atomic E-state index is -0.905. The molecule has 7 rings (SSSR count). The molecular formula is C54H50N4O11. The van der Waals surface area contributed by atoms with Crippen molar-refractivity contribution in [1.82, 2.24) is 10.6 Å². The number of anilines is 1. The summed E-state index contributed by atoms with van der Waals surface area (Å²) >= 11 is 0. The second kappa shape index (κ2) is 21.8. The summed E-state index contributed by atoms with van der Waals surface area (Å²) in [5.74, 6) is -2.29. The SMILES string of the molecule is COc1ccc2c(c1)C(C)(C)/C(=C\C=C1\C=C([N+](=O)[O-])C=CC1=O)N2CCOC(=O)COC(=O)CNC(=O)CNC(=O)COc1ccc(C(c2ccccc2)(c2ccccc2)c2ccccc2)cc1. The molecule has 0 saturated heterocycles. The number of ether oxygens (including phenoxy) is 4. The zero-order valence-corrected chi connectivity index (χ0v) is 38.2. The number of nitro groups is 1. The van der Waals surface area contributed by atoms with E-state index in [-0.39, 0.29) is 36.8 Å². The van der Waals surface area contributed by atoms with Crippen molar-refractivity contribution in [3.05, 3.63) is 219 Å². The smallest absolute Gasteiger partial charge is 0.344 e. The van der Waals surface area contributed by atoms with E-state index in [1.54, 1.807) is 31.4 Å². The van der Waals surface area contributed by atoms with Crippen LogP contribution in [0.3, 0.4) is 0 Å². The Morgan fingerprint density at radius 2 is 1.28 bits per heavy atom. The number of esters is 2. The molecule has 352 valence electrons. The Morgan fingerprint density at radius 3 is 1.87 bits per heavy atom. The first-order chi connectivity index (χ1) is 33.3. The molecule has 69 heavy (non-hydrogen) atoms. The van der Waals surface area contributed by atoms with Crippen LogP contribution in [-0.4, -0.2) is 81.0 Å². The van der Waals surface area contributed by atoms with Gasteiger partial charge in [-0.3, -0.25) is 29.3 Å². The predicted molar refractivity (Wildman–Crippen MR) is 257 cm³/mol. The highest BCUT2D eigenvalue weighted by molar-refractivity contribution is 6.07. The van der Waals surface area contributed by atoms with Gasteiger partial charge in [0.25, 0.3) is 11.6 Å². The van der Waals surface area contributed by atoms with Crippen LogP contribution in [0, 0.1) is 10.1 Å². The maximum atomic E-state index is 12.7. The molecule has 0 atom stereocenters. The van der Waals surface area contributed by atoms with Gasteiger partial charge in [0, 0.05) is 34.5 Å². The Bertz CT molecular complexity index is 2740. The molecular weight excluding hydrogens is 881 g/mol. The third-order valence-corrected chi connectivity index (χ3v) is 11.8. The molecule has 0 aromatic heterocycles. The lowest BCUT2D eigenvalue weighted by molar-refractivity contribution is -0.419. The molecule has 0 spiro atoms. The fourth-order valence-electron chi connectivity index (χ4n) is 8.43. The highest BCUT2D eigenvalue weighted by Crippen LogP contribution is 2.49. The van der Waals surface area contributed by atoms with E-state index >= 15 is 0 Å². The Balaban J connectivity index is 0.865. The highest BCUT2D eigenvalue weighted by Gasteiger charge is 2.41. The van der Waals surface area contributed by atoms with Gasteiger partial charge in [0.15, 0.2) is 19.0 Å². The normalized spacial score (nSPS) is 14.9. The lowest BCUT2D eigenvalue weighted by Gasteiger charge is -2.36. The second-order valence-corrected chi connectivity index (χ2v) is 16.5. The number of fused-ring (bicyclic) bond motifs is 1. The number of amides is 2. The van der Waals surface area contributed by atoms with Crippen molar-refractivity contribution in [2.24, 2.45) is 0 Å². The monoisotopic (exact) mass is 930 g/mol. The third kappa shape index (κ3) is 11.2.